The number of imidazole rings is 1. The number of carbonyl (C=O) groups is 1. The first-order valence-electron chi connectivity index (χ1n) is 7.36. The Morgan fingerprint density at radius 3 is 2.78 bits per heavy atom. The summed E-state index contributed by atoms with van der Waals surface area (Å²) in [4.78, 5) is 21.1. The van der Waals surface area contributed by atoms with Crippen LogP contribution in [0.25, 0.3) is 16.6 Å². The summed E-state index contributed by atoms with van der Waals surface area (Å²) in [6.45, 7) is 0.370. The molecule has 0 aliphatic carbocycles. The minimum absolute atomic E-state index is 0.201. The van der Waals surface area contributed by atoms with Crippen molar-refractivity contribution in [3.05, 3.63) is 78.4 Å². The average Bonchev–Trinajstić information content (AvgIpc) is 3.02. The zero-order valence-corrected chi connectivity index (χ0v) is 12.3. The van der Waals surface area contributed by atoms with Gasteiger partial charge < -0.3 is 9.72 Å². The molecule has 112 valence electrons. The lowest BCUT2D eigenvalue weighted by Crippen LogP contribution is -2.23. The fraction of sp³-hybridized carbons (Fsp3) is 0.0556. The fourth-order valence-electron chi connectivity index (χ4n) is 2.53. The highest BCUT2D eigenvalue weighted by Gasteiger charge is 2.09. The largest absolute Gasteiger partial charge is 0.345 e. The lowest BCUT2D eigenvalue weighted by atomic mass is 10.2. The van der Waals surface area contributed by atoms with Crippen molar-refractivity contribution < 1.29 is 4.79 Å². The SMILES string of the molecule is O=C(NCc1cn2ccccc2n1)c1ccc2ccccc2n1. The predicted molar refractivity (Wildman–Crippen MR) is 88.1 cm³/mol. The third kappa shape index (κ3) is 2.64. The third-order valence-corrected chi connectivity index (χ3v) is 3.68. The highest BCUT2D eigenvalue weighted by atomic mass is 16.1. The van der Waals surface area contributed by atoms with Gasteiger partial charge in [0.1, 0.15) is 11.3 Å². The molecule has 3 aromatic heterocycles. The quantitative estimate of drug-likeness (QED) is 0.633. The number of benzene rings is 1. The van der Waals surface area contributed by atoms with E-state index in [2.05, 4.69) is 15.3 Å². The molecule has 1 aromatic carbocycles. The van der Waals surface area contributed by atoms with Crippen molar-refractivity contribution in [1.82, 2.24) is 19.7 Å². The zero-order valence-electron chi connectivity index (χ0n) is 12.3. The highest BCUT2D eigenvalue weighted by Crippen LogP contribution is 2.12. The van der Waals surface area contributed by atoms with Gasteiger partial charge in [0.15, 0.2) is 0 Å². The first-order valence-corrected chi connectivity index (χ1v) is 7.36. The molecule has 0 saturated carbocycles. The van der Waals surface area contributed by atoms with Gasteiger partial charge >= 0.3 is 0 Å². The first kappa shape index (κ1) is 13.5. The van der Waals surface area contributed by atoms with E-state index in [0.717, 1.165) is 22.2 Å². The van der Waals surface area contributed by atoms with Crippen molar-refractivity contribution in [2.24, 2.45) is 0 Å². The summed E-state index contributed by atoms with van der Waals surface area (Å²) >= 11 is 0. The number of hydrogen-bond donors (Lipinski definition) is 1. The second-order valence-corrected chi connectivity index (χ2v) is 5.27. The highest BCUT2D eigenvalue weighted by molar-refractivity contribution is 5.94. The Labute approximate surface area is 132 Å². The van der Waals surface area contributed by atoms with Gasteiger partial charge in [0.25, 0.3) is 5.91 Å². The standard InChI is InChI=1S/C18H14N4O/c23-18(16-9-8-13-5-1-2-6-15(13)21-16)19-11-14-12-22-10-4-3-7-17(22)20-14/h1-10,12H,11H2,(H,19,23). The number of amides is 1. The minimum atomic E-state index is -0.201. The molecule has 0 saturated heterocycles. The third-order valence-electron chi connectivity index (χ3n) is 3.68. The Morgan fingerprint density at radius 2 is 1.87 bits per heavy atom. The van der Waals surface area contributed by atoms with Gasteiger partial charge in [-0.3, -0.25) is 4.79 Å². The van der Waals surface area contributed by atoms with Crippen LogP contribution >= 0.6 is 0 Å². The van der Waals surface area contributed by atoms with Crippen LogP contribution in [0, 0.1) is 0 Å². The van der Waals surface area contributed by atoms with Crippen LogP contribution in [-0.4, -0.2) is 20.3 Å². The first-order chi connectivity index (χ1) is 11.3. The van der Waals surface area contributed by atoms with Crippen LogP contribution in [0.2, 0.25) is 0 Å². The summed E-state index contributed by atoms with van der Waals surface area (Å²) in [5.41, 5.74) is 2.89. The van der Waals surface area contributed by atoms with Crippen molar-refractivity contribution in [1.29, 1.82) is 0 Å². The molecule has 0 fully saturated rings. The van der Waals surface area contributed by atoms with Crippen molar-refractivity contribution in [3.8, 4) is 0 Å². The van der Waals surface area contributed by atoms with Crippen LogP contribution in [0.15, 0.2) is 67.0 Å². The maximum absolute atomic E-state index is 12.3. The molecule has 0 radical (unpaired) electrons. The van der Waals surface area contributed by atoms with E-state index >= 15 is 0 Å². The topological polar surface area (TPSA) is 59.3 Å². The Morgan fingerprint density at radius 1 is 1.00 bits per heavy atom. The van der Waals surface area contributed by atoms with E-state index in [1.54, 1.807) is 6.07 Å². The molecule has 5 nitrogen and oxygen atoms in total. The maximum Gasteiger partial charge on any atom is 0.270 e. The molecule has 5 heteroatoms. The molecular weight excluding hydrogens is 288 g/mol. The number of carbonyl (C=O) groups excluding carboxylic acids is 1. The molecule has 1 amide bonds. The van der Waals surface area contributed by atoms with Crippen LogP contribution in [0.3, 0.4) is 0 Å². The fourth-order valence-corrected chi connectivity index (χ4v) is 2.53. The van der Waals surface area contributed by atoms with Gasteiger partial charge in [-0.2, -0.15) is 0 Å². The number of aromatic nitrogens is 3. The van der Waals surface area contributed by atoms with Crippen LogP contribution < -0.4 is 5.32 Å². The number of para-hydroxylation sites is 1. The Balaban J connectivity index is 1.52. The Bertz CT molecular complexity index is 973. The molecule has 0 unspecified atom stereocenters. The van der Waals surface area contributed by atoms with E-state index in [1.807, 2.05) is 65.3 Å². The smallest absolute Gasteiger partial charge is 0.270 e. The van der Waals surface area contributed by atoms with Gasteiger partial charge in [0.2, 0.25) is 0 Å². The van der Waals surface area contributed by atoms with E-state index in [9.17, 15) is 4.79 Å². The molecule has 0 aliphatic rings. The second kappa shape index (κ2) is 5.53. The molecular formula is C18H14N4O. The second-order valence-electron chi connectivity index (χ2n) is 5.27. The average molecular weight is 302 g/mol. The molecule has 4 aromatic rings. The van der Waals surface area contributed by atoms with Gasteiger partial charge in [-0.25, -0.2) is 9.97 Å². The molecule has 3 heterocycles. The minimum Gasteiger partial charge on any atom is -0.345 e. The number of pyridine rings is 2. The molecule has 0 atom stereocenters. The molecule has 0 bridgehead atoms. The van der Waals surface area contributed by atoms with Gasteiger partial charge in [-0.1, -0.05) is 30.3 Å². The number of fused-ring (bicyclic) bond motifs is 2. The maximum atomic E-state index is 12.3. The number of rotatable bonds is 3. The summed E-state index contributed by atoms with van der Waals surface area (Å²) in [5, 5.41) is 3.88. The number of nitrogens with one attached hydrogen (secondary N) is 1. The summed E-state index contributed by atoms with van der Waals surface area (Å²) in [6, 6.07) is 17.2. The molecule has 0 spiro atoms. The summed E-state index contributed by atoms with van der Waals surface area (Å²) in [6.07, 6.45) is 3.84. The lowest BCUT2D eigenvalue weighted by Gasteiger charge is -2.04. The van der Waals surface area contributed by atoms with Crippen LogP contribution in [0.4, 0.5) is 0 Å². The number of nitrogens with zero attached hydrogens (tertiary/aromatic N) is 3. The van der Waals surface area contributed by atoms with E-state index in [4.69, 9.17) is 0 Å². The zero-order chi connectivity index (χ0) is 15.6. The van der Waals surface area contributed by atoms with Crippen LogP contribution in [0.1, 0.15) is 16.2 Å². The van der Waals surface area contributed by atoms with E-state index < -0.39 is 0 Å². The molecule has 1 N–H and O–H groups in total. The monoisotopic (exact) mass is 302 g/mol. The van der Waals surface area contributed by atoms with Crippen molar-refractivity contribution >= 4 is 22.5 Å². The number of hydrogen-bond acceptors (Lipinski definition) is 3. The van der Waals surface area contributed by atoms with Gasteiger partial charge in [0, 0.05) is 17.8 Å². The predicted octanol–water partition coefficient (Wildman–Crippen LogP) is 2.81. The molecule has 23 heavy (non-hydrogen) atoms. The van der Waals surface area contributed by atoms with E-state index in [0.29, 0.717) is 12.2 Å². The van der Waals surface area contributed by atoms with Gasteiger partial charge in [-0.15, -0.1) is 0 Å². The van der Waals surface area contributed by atoms with Gasteiger partial charge in [-0.05, 0) is 24.3 Å². The summed E-state index contributed by atoms with van der Waals surface area (Å²) in [7, 11) is 0. The van der Waals surface area contributed by atoms with E-state index in [-0.39, 0.29) is 5.91 Å². The normalized spacial score (nSPS) is 11.0. The van der Waals surface area contributed by atoms with Gasteiger partial charge in [0.05, 0.1) is 17.8 Å². The van der Waals surface area contributed by atoms with Crippen molar-refractivity contribution in [2.75, 3.05) is 0 Å². The van der Waals surface area contributed by atoms with Crippen molar-refractivity contribution in [3.63, 3.8) is 0 Å². The van der Waals surface area contributed by atoms with E-state index in [1.165, 1.54) is 0 Å². The molecule has 4 rings (SSSR count). The van der Waals surface area contributed by atoms with Crippen molar-refractivity contribution in [2.45, 2.75) is 6.54 Å². The van der Waals surface area contributed by atoms with Crippen LogP contribution in [0.5, 0.6) is 0 Å². The lowest BCUT2D eigenvalue weighted by molar-refractivity contribution is 0.0946. The van der Waals surface area contributed by atoms with Crippen LogP contribution in [-0.2, 0) is 6.54 Å². The Hall–Kier alpha value is -3.21. The molecule has 0 aliphatic heterocycles. The Kier molecular flexibility index (Phi) is 3.24. The summed E-state index contributed by atoms with van der Waals surface area (Å²) < 4.78 is 1.93. The summed E-state index contributed by atoms with van der Waals surface area (Å²) in [5.74, 6) is -0.201.